The summed E-state index contributed by atoms with van der Waals surface area (Å²) < 4.78 is 24.2. The molecule has 0 radical (unpaired) electrons. The second-order valence-electron chi connectivity index (χ2n) is 5.41. The zero-order chi connectivity index (χ0) is 15.2. The topological polar surface area (TPSA) is 51.2 Å². The second kappa shape index (κ2) is 7.02. The minimum atomic E-state index is -3.64. The molecule has 1 aromatic rings. The van der Waals surface area contributed by atoms with Gasteiger partial charge < -0.3 is 0 Å². The van der Waals surface area contributed by atoms with Crippen molar-refractivity contribution in [1.29, 1.82) is 0 Å². The van der Waals surface area contributed by atoms with E-state index in [0.717, 1.165) is 25.7 Å². The van der Waals surface area contributed by atoms with Gasteiger partial charge in [-0.05, 0) is 32.4 Å². The van der Waals surface area contributed by atoms with Crippen molar-refractivity contribution in [1.82, 2.24) is 0 Å². The smallest absolute Gasteiger partial charge is 0.190 e. The number of rotatable bonds is 8. The quantitative estimate of drug-likeness (QED) is 0.686. The fourth-order valence-electron chi connectivity index (χ4n) is 2.25. The molecule has 0 heterocycles. The van der Waals surface area contributed by atoms with E-state index in [-0.39, 0.29) is 10.7 Å². The van der Waals surface area contributed by atoms with Gasteiger partial charge in [-0.2, -0.15) is 0 Å². The monoisotopic (exact) mass is 296 g/mol. The molecule has 1 aromatic carbocycles. The number of Topliss-reactive ketones (excluding diaryl/α,β-unsaturated/α-hetero) is 1. The lowest BCUT2D eigenvalue weighted by Crippen LogP contribution is -2.42. The number of unbranched alkanes of at least 4 members (excludes halogenated alkanes) is 3. The average Bonchev–Trinajstić information content (AvgIpc) is 2.44. The number of hydrogen-bond donors (Lipinski definition) is 0. The summed E-state index contributed by atoms with van der Waals surface area (Å²) in [7, 11) is -3.64. The van der Waals surface area contributed by atoms with Crippen LogP contribution in [0, 0.1) is 0 Å². The normalized spacial score (nSPS) is 14.8. The summed E-state index contributed by atoms with van der Waals surface area (Å²) in [6.45, 7) is 5.04. The highest BCUT2D eigenvalue weighted by Gasteiger charge is 2.43. The molecule has 0 aliphatic rings. The Hall–Kier alpha value is -1.16. The Bertz CT molecular complexity index is 534. The molecule has 3 nitrogen and oxygen atoms in total. The Morgan fingerprint density at radius 1 is 1.10 bits per heavy atom. The van der Waals surface area contributed by atoms with Crippen molar-refractivity contribution in [3.8, 4) is 0 Å². The SMILES string of the molecule is CCCCCC[C@@](C)(C(C)=O)S(=O)(=O)c1ccccc1. The lowest BCUT2D eigenvalue weighted by atomic mass is 9.98. The standard InChI is InChI=1S/C16H24O3S/c1-4-5-6-10-13-16(3,14(2)17)20(18,19)15-11-8-7-9-12-15/h7-9,11-12H,4-6,10,13H2,1-3H3/t16-/m0/s1. The van der Waals surface area contributed by atoms with Crippen LogP contribution in [0.1, 0.15) is 52.9 Å². The van der Waals surface area contributed by atoms with Crippen molar-refractivity contribution in [2.45, 2.75) is 62.5 Å². The number of ketones is 1. The van der Waals surface area contributed by atoms with Gasteiger partial charge in [0.15, 0.2) is 15.6 Å². The first-order valence-electron chi connectivity index (χ1n) is 7.17. The summed E-state index contributed by atoms with van der Waals surface area (Å²) >= 11 is 0. The molecule has 0 aliphatic carbocycles. The molecule has 0 fully saturated rings. The Labute approximate surface area is 122 Å². The van der Waals surface area contributed by atoms with Crippen LogP contribution in [0.4, 0.5) is 0 Å². The molecule has 0 aliphatic heterocycles. The van der Waals surface area contributed by atoms with Gasteiger partial charge in [-0.25, -0.2) is 8.42 Å². The molecule has 0 aromatic heterocycles. The predicted molar refractivity (Wildman–Crippen MR) is 81.5 cm³/mol. The van der Waals surface area contributed by atoms with Crippen LogP contribution in [0.15, 0.2) is 35.2 Å². The molecular weight excluding hydrogens is 272 g/mol. The van der Waals surface area contributed by atoms with E-state index >= 15 is 0 Å². The summed E-state index contributed by atoms with van der Waals surface area (Å²) in [6.07, 6.45) is 4.26. The first-order chi connectivity index (χ1) is 9.36. The van der Waals surface area contributed by atoms with E-state index in [0.29, 0.717) is 6.42 Å². The van der Waals surface area contributed by atoms with Gasteiger partial charge in [-0.15, -0.1) is 0 Å². The number of hydrogen-bond acceptors (Lipinski definition) is 3. The Morgan fingerprint density at radius 3 is 2.20 bits per heavy atom. The van der Waals surface area contributed by atoms with Crippen LogP contribution in [-0.4, -0.2) is 18.9 Å². The summed E-state index contributed by atoms with van der Waals surface area (Å²) in [6, 6.07) is 8.26. The van der Waals surface area contributed by atoms with E-state index < -0.39 is 14.6 Å². The molecule has 4 heteroatoms. The van der Waals surface area contributed by atoms with Gasteiger partial charge in [0, 0.05) is 0 Å². The first kappa shape index (κ1) is 16.9. The minimum absolute atomic E-state index is 0.230. The lowest BCUT2D eigenvalue weighted by Gasteiger charge is -2.26. The molecule has 0 spiro atoms. The molecule has 20 heavy (non-hydrogen) atoms. The predicted octanol–water partition coefficient (Wildman–Crippen LogP) is 3.78. The average molecular weight is 296 g/mol. The number of carbonyl (C=O) groups is 1. The molecule has 0 bridgehead atoms. The van der Waals surface area contributed by atoms with Crippen molar-refractivity contribution in [2.75, 3.05) is 0 Å². The highest BCUT2D eigenvalue weighted by Crippen LogP contribution is 2.31. The third-order valence-electron chi connectivity index (χ3n) is 3.90. The first-order valence-corrected chi connectivity index (χ1v) is 8.65. The maximum atomic E-state index is 12.7. The molecule has 0 saturated heterocycles. The molecular formula is C16H24O3S. The molecule has 0 amide bonds. The van der Waals surface area contributed by atoms with Gasteiger partial charge in [0.05, 0.1) is 4.90 Å². The fourth-order valence-corrected chi connectivity index (χ4v) is 4.08. The zero-order valence-corrected chi connectivity index (χ0v) is 13.4. The van der Waals surface area contributed by atoms with E-state index in [1.54, 1.807) is 37.3 Å². The Morgan fingerprint density at radius 2 is 1.70 bits per heavy atom. The lowest BCUT2D eigenvalue weighted by molar-refractivity contribution is -0.119. The van der Waals surface area contributed by atoms with Crippen molar-refractivity contribution < 1.29 is 13.2 Å². The summed E-state index contributed by atoms with van der Waals surface area (Å²) in [5.41, 5.74) is 0. The van der Waals surface area contributed by atoms with E-state index in [1.165, 1.54) is 6.92 Å². The van der Waals surface area contributed by atoms with Crippen molar-refractivity contribution in [3.63, 3.8) is 0 Å². The molecule has 112 valence electrons. The van der Waals surface area contributed by atoms with Crippen molar-refractivity contribution >= 4 is 15.6 Å². The second-order valence-corrected chi connectivity index (χ2v) is 7.79. The minimum Gasteiger partial charge on any atom is -0.298 e. The zero-order valence-electron chi connectivity index (χ0n) is 12.6. The third kappa shape index (κ3) is 3.48. The van der Waals surface area contributed by atoms with Gasteiger partial charge in [-0.3, -0.25) is 4.79 Å². The summed E-state index contributed by atoms with van der Waals surface area (Å²) in [5, 5.41) is 0. The Kier molecular flexibility index (Phi) is 5.93. The maximum absolute atomic E-state index is 12.7. The highest BCUT2D eigenvalue weighted by atomic mass is 32.2. The number of benzene rings is 1. The fraction of sp³-hybridized carbons (Fsp3) is 0.562. The van der Waals surface area contributed by atoms with Gasteiger partial charge in [0.1, 0.15) is 4.75 Å². The van der Waals surface area contributed by atoms with Crippen LogP contribution >= 0.6 is 0 Å². The van der Waals surface area contributed by atoms with Crippen LogP contribution in [0.5, 0.6) is 0 Å². The molecule has 0 unspecified atom stereocenters. The van der Waals surface area contributed by atoms with E-state index in [4.69, 9.17) is 0 Å². The van der Waals surface area contributed by atoms with Gasteiger partial charge in [0.25, 0.3) is 0 Å². The molecule has 0 N–H and O–H groups in total. The maximum Gasteiger partial charge on any atom is 0.190 e. The highest BCUT2D eigenvalue weighted by molar-refractivity contribution is 7.93. The van der Waals surface area contributed by atoms with Crippen molar-refractivity contribution in [2.24, 2.45) is 0 Å². The van der Waals surface area contributed by atoms with Crippen LogP contribution in [0.25, 0.3) is 0 Å². The molecule has 0 saturated carbocycles. The van der Waals surface area contributed by atoms with E-state index in [9.17, 15) is 13.2 Å². The van der Waals surface area contributed by atoms with Gasteiger partial charge in [0.2, 0.25) is 0 Å². The van der Waals surface area contributed by atoms with Crippen LogP contribution in [0.3, 0.4) is 0 Å². The number of carbonyl (C=O) groups excluding carboxylic acids is 1. The third-order valence-corrected chi connectivity index (χ3v) is 6.47. The van der Waals surface area contributed by atoms with Crippen LogP contribution in [-0.2, 0) is 14.6 Å². The van der Waals surface area contributed by atoms with Gasteiger partial charge >= 0.3 is 0 Å². The van der Waals surface area contributed by atoms with Gasteiger partial charge in [-0.1, -0.05) is 50.8 Å². The van der Waals surface area contributed by atoms with E-state index in [1.807, 2.05) is 0 Å². The summed E-state index contributed by atoms with van der Waals surface area (Å²) in [5.74, 6) is -0.280. The molecule has 1 rings (SSSR count). The van der Waals surface area contributed by atoms with Crippen molar-refractivity contribution in [3.05, 3.63) is 30.3 Å². The number of sulfone groups is 1. The van der Waals surface area contributed by atoms with E-state index in [2.05, 4.69) is 6.92 Å². The largest absolute Gasteiger partial charge is 0.298 e. The Balaban J connectivity index is 3.03. The van der Waals surface area contributed by atoms with Crippen LogP contribution < -0.4 is 0 Å². The van der Waals surface area contributed by atoms with Crippen LogP contribution in [0.2, 0.25) is 0 Å². The molecule has 1 atom stereocenters. The summed E-state index contributed by atoms with van der Waals surface area (Å²) in [4.78, 5) is 12.2.